The Bertz CT molecular complexity index is 497. The van der Waals surface area contributed by atoms with Crippen molar-refractivity contribution < 1.29 is 9.53 Å². The maximum atomic E-state index is 12.6. The molecule has 0 saturated carbocycles. The summed E-state index contributed by atoms with van der Waals surface area (Å²) in [5.41, 5.74) is 8.23. The smallest absolute Gasteiger partial charge is 0.244 e. The van der Waals surface area contributed by atoms with E-state index in [1.54, 1.807) is 11.8 Å². The van der Waals surface area contributed by atoms with Gasteiger partial charge in [-0.1, -0.05) is 0 Å². The third kappa shape index (κ3) is 3.71. The van der Waals surface area contributed by atoms with Crippen LogP contribution in [-0.2, 0) is 16.1 Å². The topological polar surface area (TPSA) is 73.4 Å². The first kappa shape index (κ1) is 16.2. The molecule has 1 atom stereocenters. The second-order valence-corrected chi connectivity index (χ2v) is 6.49. The molecule has 21 heavy (non-hydrogen) atoms. The van der Waals surface area contributed by atoms with Crippen LogP contribution in [0, 0.1) is 13.8 Å². The van der Waals surface area contributed by atoms with Crippen LogP contribution < -0.4 is 5.73 Å². The van der Waals surface area contributed by atoms with Crippen LogP contribution in [0.2, 0.25) is 0 Å². The molecular formula is C14H24N4O2S. The second-order valence-electron chi connectivity index (χ2n) is 5.34. The summed E-state index contributed by atoms with van der Waals surface area (Å²) in [6.45, 7) is 5.20. The molecule has 2 N–H and O–H groups in total. The molecule has 6 nitrogen and oxygen atoms in total. The van der Waals surface area contributed by atoms with E-state index in [2.05, 4.69) is 5.10 Å². The Morgan fingerprint density at radius 1 is 1.57 bits per heavy atom. The lowest BCUT2D eigenvalue weighted by atomic mass is 10.2. The summed E-state index contributed by atoms with van der Waals surface area (Å²) in [7, 11) is 1.66. The van der Waals surface area contributed by atoms with E-state index in [-0.39, 0.29) is 12.5 Å². The second kappa shape index (κ2) is 7.17. The van der Waals surface area contributed by atoms with Gasteiger partial charge in [0, 0.05) is 25.4 Å². The third-order valence-corrected chi connectivity index (χ3v) is 5.07. The fourth-order valence-corrected chi connectivity index (χ4v) is 3.78. The molecule has 1 fully saturated rings. The van der Waals surface area contributed by atoms with Crippen molar-refractivity contribution in [3.63, 3.8) is 0 Å². The van der Waals surface area contributed by atoms with Crippen LogP contribution in [0.5, 0.6) is 0 Å². The third-order valence-electron chi connectivity index (χ3n) is 3.93. The van der Waals surface area contributed by atoms with Crippen LogP contribution in [0.4, 0.5) is 5.69 Å². The number of aromatic nitrogens is 2. The maximum absolute atomic E-state index is 12.6. The minimum atomic E-state index is 0.0881. The van der Waals surface area contributed by atoms with Gasteiger partial charge < -0.3 is 15.4 Å². The average Bonchev–Trinajstić information content (AvgIpc) is 3.06. The Morgan fingerprint density at radius 2 is 2.33 bits per heavy atom. The number of thioether (sulfide) groups is 1. The molecule has 0 spiro atoms. The summed E-state index contributed by atoms with van der Waals surface area (Å²) in [6, 6.07) is 0.312. The number of anilines is 1. The Labute approximate surface area is 130 Å². The van der Waals surface area contributed by atoms with Crippen molar-refractivity contribution in [2.45, 2.75) is 32.9 Å². The summed E-state index contributed by atoms with van der Waals surface area (Å²) < 4.78 is 6.84. The molecule has 0 aromatic carbocycles. The zero-order valence-electron chi connectivity index (χ0n) is 13.0. The number of hydrogen-bond acceptors (Lipinski definition) is 5. The largest absolute Gasteiger partial charge is 0.396 e. The van der Waals surface area contributed by atoms with Gasteiger partial charge in [-0.15, -0.1) is 0 Å². The van der Waals surface area contributed by atoms with Gasteiger partial charge in [-0.25, -0.2) is 0 Å². The number of carbonyl (C=O) groups is 1. The van der Waals surface area contributed by atoms with Crippen molar-refractivity contribution in [2.24, 2.45) is 0 Å². The average molecular weight is 312 g/mol. The summed E-state index contributed by atoms with van der Waals surface area (Å²) in [5, 5.41) is 4.35. The van der Waals surface area contributed by atoms with Crippen molar-refractivity contribution >= 4 is 23.4 Å². The predicted octanol–water partition coefficient (Wildman–Crippen LogP) is 1.06. The van der Waals surface area contributed by atoms with Gasteiger partial charge in [-0.2, -0.15) is 16.9 Å². The normalized spacial score (nSPS) is 18.1. The van der Waals surface area contributed by atoms with Gasteiger partial charge in [0.05, 0.1) is 23.7 Å². The van der Waals surface area contributed by atoms with E-state index in [0.717, 1.165) is 29.3 Å². The number of carbonyl (C=O) groups excluding carboxylic acids is 1. The fourth-order valence-electron chi connectivity index (χ4n) is 2.55. The zero-order chi connectivity index (χ0) is 15.4. The predicted molar refractivity (Wildman–Crippen MR) is 85.4 cm³/mol. The molecule has 1 saturated heterocycles. The summed E-state index contributed by atoms with van der Waals surface area (Å²) >= 11 is 1.90. The maximum Gasteiger partial charge on any atom is 0.244 e. The van der Waals surface area contributed by atoms with E-state index < -0.39 is 0 Å². The molecule has 7 heteroatoms. The van der Waals surface area contributed by atoms with E-state index >= 15 is 0 Å². The van der Waals surface area contributed by atoms with E-state index in [4.69, 9.17) is 10.5 Å². The van der Waals surface area contributed by atoms with Crippen LogP contribution in [0.1, 0.15) is 17.8 Å². The number of rotatable bonds is 6. The molecule has 1 aromatic rings. The minimum Gasteiger partial charge on any atom is -0.396 e. The number of nitrogen functional groups attached to an aromatic ring is 1. The molecule has 0 radical (unpaired) electrons. The van der Waals surface area contributed by atoms with Crippen LogP contribution in [0.15, 0.2) is 0 Å². The fraction of sp³-hybridized carbons (Fsp3) is 0.714. The first-order valence-corrected chi connectivity index (χ1v) is 8.35. The Balaban J connectivity index is 2.08. The molecule has 1 unspecified atom stereocenters. The SMILES string of the molecule is COCCN(C(=O)Cn1nc(C)c(N)c1C)C1CCSC1. The van der Waals surface area contributed by atoms with E-state index in [0.29, 0.717) is 24.9 Å². The molecule has 0 aliphatic carbocycles. The highest BCUT2D eigenvalue weighted by atomic mass is 32.2. The van der Waals surface area contributed by atoms with Gasteiger partial charge >= 0.3 is 0 Å². The quantitative estimate of drug-likeness (QED) is 0.850. The molecule has 1 aliphatic heterocycles. The number of methoxy groups -OCH3 is 1. The van der Waals surface area contributed by atoms with E-state index in [9.17, 15) is 4.79 Å². The van der Waals surface area contributed by atoms with Crippen LogP contribution in [0.3, 0.4) is 0 Å². The summed E-state index contributed by atoms with van der Waals surface area (Å²) in [4.78, 5) is 14.6. The molecule has 2 rings (SSSR count). The molecule has 1 amide bonds. The lowest BCUT2D eigenvalue weighted by molar-refractivity contribution is -0.134. The molecule has 1 aliphatic rings. The Kier molecular flexibility index (Phi) is 5.52. The summed E-state index contributed by atoms with van der Waals surface area (Å²) in [6.07, 6.45) is 1.05. The van der Waals surface area contributed by atoms with Gasteiger partial charge in [0.25, 0.3) is 0 Å². The van der Waals surface area contributed by atoms with E-state index in [1.165, 1.54) is 0 Å². The zero-order valence-corrected chi connectivity index (χ0v) is 13.8. The van der Waals surface area contributed by atoms with E-state index in [1.807, 2.05) is 30.5 Å². The van der Waals surface area contributed by atoms with Crippen molar-refractivity contribution in [1.82, 2.24) is 14.7 Å². The van der Waals surface area contributed by atoms with Crippen molar-refractivity contribution in [2.75, 3.05) is 37.5 Å². The minimum absolute atomic E-state index is 0.0881. The summed E-state index contributed by atoms with van der Waals surface area (Å²) in [5.74, 6) is 2.22. The number of nitrogens with two attached hydrogens (primary N) is 1. The number of ether oxygens (including phenoxy) is 1. The van der Waals surface area contributed by atoms with Crippen molar-refractivity contribution in [3.8, 4) is 0 Å². The molecule has 1 aromatic heterocycles. The van der Waals surface area contributed by atoms with Gasteiger partial charge in [0.1, 0.15) is 6.54 Å². The number of hydrogen-bond donors (Lipinski definition) is 1. The number of amides is 1. The lowest BCUT2D eigenvalue weighted by Crippen LogP contribution is -2.44. The standard InChI is InChI=1S/C14H24N4O2S/c1-10-14(15)11(2)18(16-10)8-13(19)17(5-6-20-3)12-4-7-21-9-12/h12H,4-9,15H2,1-3H3. The lowest BCUT2D eigenvalue weighted by Gasteiger charge is -2.28. The molecular weight excluding hydrogens is 288 g/mol. The van der Waals surface area contributed by atoms with Crippen LogP contribution in [0.25, 0.3) is 0 Å². The Morgan fingerprint density at radius 3 is 2.86 bits per heavy atom. The number of nitrogens with zero attached hydrogens (tertiary/aromatic N) is 3. The highest BCUT2D eigenvalue weighted by Crippen LogP contribution is 2.23. The first-order valence-electron chi connectivity index (χ1n) is 7.20. The van der Waals surface area contributed by atoms with Crippen molar-refractivity contribution in [3.05, 3.63) is 11.4 Å². The van der Waals surface area contributed by atoms with Gasteiger partial charge in [-0.3, -0.25) is 9.48 Å². The van der Waals surface area contributed by atoms with Crippen LogP contribution in [-0.4, -0.2) is 58.4 Å². The van der Waals surface area contributed by atoms with Crippen molar-refractivity contribution in [1.29, 1.82) is 0 Å². The van der Waals surface area contributed by atoms with Gasteiger partial charge in [0.15, 0.2) is 0 Å². The van der Waals surface area contributed by atoms with Crippen LogP contribution >= 0.6 is 11.8 Å². The molecule has 0 bridgehead atoms. The Hall–Kier alpha value is -1.21. The first-order chi connectivity index (χ1) is 10.0. The molecule has 118 valence electrons. The van der Waals surface area contributed by atoms with Gasteiger partial charge in [0.2, 0.25) is 5.91 Å². The molecule has 2 heterocycles. The number of aryl methyl sites for hydroxylation is 1. The highest BCUT2D eigenvalue weighted by Gasteiger charge is 2.27. The van der Waals surface area contributed by atoms with Gasteiger partial charge in [-0.05, 0) is 26.0 Å². The highest BCUT2D eigenvalue weighted by molar-refractivity contribution is 7.99. The monoisotopic (exact) mass is 312 g/mol.